The number of aliphatic carboxylic acids is 1. The Balaban J connectivity index is 2.95. The minimum absolute atomic E-state index is 0.0247. The highest BCUT2D eigenvalue weighted by molar-refractivity contribution is 7.99. The molecule has 22 heavy (non-hydrogen) atoms. The second-order valence-electron chi connectivity index (χ2n) is 4.59. The van der Waals surface area contributed by atoms with Crippen molar-refractivity contribution in [1.29, 1.82) is 0 Å². The van der Waals surface area contributed by atoms with Crippen LogP contribution in [0.1, 0.15) is 30.1 Å². The van der Waals surface area contributed by atoms with Gasteiger partial charge in [-0.1, -0.05) is 6.92 Å². The summed E-state index contributed by atoms with van der Waals surface area (Å²) in [4.78, 5) is 35.3. The van der Waals surface area contributed by atoms with E-state index in [2.05, 4.69) is 0 Å². The number of non-ortho nitro benzene ring substituents is 1. The van der Waals surface area contributed by atoms with E-state index in [-0.39, 0.29) is 30.1 Å². The fourth-order valence-electron chi connectivity index (χ4n) is 1.85. The van der Waals surface area contributed by atoms with E-state index in [4.69, 9.17) is 5.11 Å². The van der Waals surface area contributed by atoms with Crippen LogP contribution in [0, 0.1) is 10.1 Å². The third kappa shape index (κ3) is 5.03. The summed E-state index contributed by atoms with van der Waals surface area (Å²) in [5.41, 5.74) is 0.140. The number of benzene rings is 1. The van der Waals surface area contributed by atoms with Crippen LogP contribution in [0.25, 0.3) is 0 Å². The molecule has 1 amide bonds. The maximum absolute atomic E-state index is 12.4. The zero-order valence-electron chi connectivity index (χ0n) is 12.4. The van der Waals surface area contributed by atoms with Crippen molar-refractivity contribution in [1.82, 2.24) is 4.90 Å². The van der Waals surface area contributed by atoms with Gasteiger partial charge in [0.05, 0.1) is 10.5 Å². The maximum atomic E-state index is 12.4. The van der Waals surface area contributed by atoms with Crippen molar-refractivity contribution in [2.24, 2.45) is 0 Å². The first-order valence-corrected chi connectivity index (χ1v) is 7.73. The normalized spacial score (nSPS) is 10.3. The Morgan fingerprint density at radius 1 is 1.41 bits per heavy atom. The summed E-state index contributed by atoms with van der Waals surface area (Å²) < 4.78 is 0. The largest absolute Gasteiger partial charge is 0.481 e. The van der Waals surface area contributed by atoms with Gasteiger partial charge in [-0.15, -0.1) is 11.8 Å². The van der Waals surface area contributed by atoms with Crippen LogP contribution in [-0.2, 0) is 4.79 Å². The van der Waals surface area contributed by atoms with Crippen LogP contribution in [0.15, 0.2) is 23.1 Å². The number of amides is 1. The molecule has 0 bridgehead atoms. The van der Waals surface area contributed by atoms with Gasteiger partial charge in [0, 0.05) is 37.0 Å². The van der Waals surface area contributed by atoms with E-state index < -0.39 is 10.9 Å². The van der Waals surface area contributed by atoms with Crippen molar-refractivity contribution >= 4 is 29.3 Å². The molecule has 7 nitrogen and oxygen atoms in total. The molecule has 0 heterocycles. The van der Waals surface area contributed by atoms with Gasteiger partial charge >= 0.3 is 5.97 Å². The van der Waals surface area contributed by atoms with Crippen LogP contribution >= 0.6 is 11.8 Å². The molecule has 0 aromatic heterocycles. The van der Waals surface area contributed by atoms with Gasteiger partial charge in [0.2, 0.25) is 0 Å². The van der Waals surface area contributed by atoms with Gasteiger partial charge in [0.15, 0.2) is 0 Å². The van der Waals surface area contributed by atoms with Crippen LogP contribution in [0.4, 0.5) is 5.69 Å². The molecule has 0 atom stereocenters. The molecule has 8 heteroatoms. The number of carboxylic acid groups (broad SMARTS) is 1. The molecule has 0 radical (unpaired) electrons. The van der Waals surface area contributed by atoms with E-state index in [9.17, 15) is 19.7 Å². The first-order chi connectivity index (χ1) is 10.4. The minimum Gasteiger partial charge on any atom is -0.481 e. The monoisotopic (exact) mass is 326 g/mol. The van der Waals surface area contributed by atoms with E-state index in [1.165, 1.54) is 28.8 Å². The number of nitrogens with zero attached hydrogens (tertiary/aromatic N) is 2. The molecule has 1 aromatic rings. The second-order valence-corrected chi connectivity index (χ2v) is 5.90. The molecule has 0 aliphatic carbocycles. The van der Waals surface area contributed by atoms with E-state index in [0.29, 0.717) is 11.3 Å². The Morgan fingerprint density at radius 2 is 2.09 bits per heavy atom. The standard InChI is InChI=1S/C14H18N2O5S/c1-3-22-12-7-6-10(16(20)21)9-11(12)14(19)15(2)8-4-5-13(17)18/h6-7,9H,3-5,8H2,1-2H3,(H,17,18). The Kier molecular flexibility index (Phi) is 6.84. The minimum atomic E-state index is -0.918. The predicted molar refractivity (Wildman–Crippen MR) is 83.3 cm³/mol. The molecule has 1 aromatic carbocycles. The van der Waals surface area contributed by atoms with E-state index in [1.54, 1.807) is 13.1 Å². The Labute approximate surface area is 132 Å². The molecule has 120 valence electrons. The smallest absolute Gasteiger partial charge is 0.303 e. The maximum Gasteiger partial charge on any atom is 0.303 e. The first kappa shape index (κ1) is 18.0. The van der Waals surface area contributed by atoms with E-state index in [1.807, 2.05) is 6.92 Å². The molecule has 0 unspecified atom stereocenters. The third-order valence-electron chi connectivity index (χ3n) is 2.94. The van der Waals surface area contributed by atoms with Crippen molar-refractivity contribution in [3.05, 3.63) is 33.9 Å². The fraction of sp³-hybridized carbons (Fsp3) is 0.429. The quantitative estimate of drug-likeness (QED) is 0.448. The van der Waals surface area contributed by atoms with Crippen LogP contribution in [0.3, 0.4) is 0 Å². The highest BCUT2D eigenvalue weighted by atomic mass is 32.2. The van der Waals surface area contributed by atoms with E-state index >= 15 is 0 Å². The van der Waals surface area contributed by atoms with Gasteiger partial charge in [0.25, 0.3) is 11.6 Å². The van der Waals surface area contributed by atoms with Gasteiger partial charge in [-0.25, -0.2) is 0 Å². The number of nitro groups is 1. The topological polar surface area (TPSA) is 101 Å². The number of carboxylic acids is 1. The van der Waals surface area contributed by atoms with Crippen molar-refractivity contribution in [3.8, 4) is 0 Å². The Morgan fingerprint density at radius 3 is 2.64 bits per heavy atom. The number of hydrogen-bond donors (Lipinski definition) is 1. The average molecular weight is 326 g/mol. The average Bonchev–Trinajstić information content (AvgIpc) is 2.46. The Hall–Kier alpha value is -2.09. The number of hydrogen-bond acceptors (Lipinski definition) is 5. The molecule has 0 fully saturated rings. The van der Waals surface area contributed by atoms with Crippen molar-refractivity contribution in [3.63, 3.8) is 0 Å². The lowest BCUT2D eigenvalue weighted by Crippen LogP contribution is -2.28. The second kappa shape index (κ2) is 8.38. The van der Waals surface area contributed by atoms with Crippen LogP contribution in [0.5, 0.6) is 0 Å². The van der Waals surface area contributed by atoms with Gasteiger partial charge < -0.3 is 10.0 Å². The molecule has 1 N–H and O–H groups in total. The van der Waals surface area contributed by atoms with Crippen molar-refractivity contribution in [2.45, 2.75) is 24.7 Å². The van der Waals surface area contributed by atoms with Gasteiger partial charge in [-0.3, -0.25) is 19.7 Å². The first-order valence-electron chi connectivity index (χ1n) is 6.75. The van der Waals surface area contributed by atoms with E-state index in [0.717, 1.165) is 5.75 Å². The summed E-state index contributed by atoms with van der Waals surface area (Å²) in [6.07, 6.45) is 0.311. The molecular weight excluding hydrogens is 308 g/mol. The molecule has 1 rings (SSSR count). The summed E-state index contributed by atoms with van der Waals surface area (Å²) in [6.45, 7) is 2.21. The molecule has 0 spiro atoms. The highest BCUT2D eigenvalue weighted by Crippen LogP contribution is 2.27. The SMILES string of the molecule is CCSc1ccc([N+](=O)[O-])cc1C(=O)N(C)CCCC(=O)O. The lowest BCUT2D eigenvalue weighted by atomic mass is 10.1. The molecular formula is C14H18N2O5S. The third-order valence-corrected chi connectivity index (χ3v) is 3.89. The van der Waals surface area contributed by atoms with Crippen molar-refractivity contribution in [2.75, 3.05) is 19.3 Å². The molecule has 0 saturated carbocycles. The molecule has 0 aliphatic rings. The summed E-state index contributed by atoms with van der Waals surface area (Å²) >= 11 is 1.43. The van der Waals surface area contributed by atoms with Gasteiger partial charge in [-0.05, 0) is 18.2 Å². The number of thioether (sulfide) groups is 1. The summed E-state index contributed by atoms with van der Waals surface area (Å²) in [5, 5.41) is 19.5. The number of carbonyl (C=O) groups is 2. The van der Waals surface area contributed by atoms with Crippen LogP contribution < -0.4 is 0 Å². The highest BCUT2D eigenvalue weighted by Gasteiger charge is 2.19. The van der Waals surface area contributed by atoms with Gasteiger partial charge in [-0.2, -0.15) is 0 Å². The molecule has 0 aliphatic heterocycles. The number of rotatable bonds is 8. The summed E-state index contributed by atoms with van der Waals surface area (Å²) in [5.74, 6) is -0.524. The lowest BCUT2D eigenvalue weighted by molar-refractivity contribution is -0.384. The van der Waals surface area contributed by atoms with Crippen molar-refractivity contribution < 1.29 is 19.6 Å². The zero-order chi connectivity index (χ0) is 16.7. The van der Waals surface area contributed by atoms with Crippen LogP contribution in [-0.4, -0.2) is 46.2 Å². The predicted octanol–water partition coefficient (Wildman–Crippen LogP) is 2.64. The number of nitro benzene ring substituents is 1. The van der Waals surface area contributed by atoms with Crippen LogP contribution in [0.2, 0.25) is 0 Å². The summed E-state index contributed by atoms with van der Waals surface area (Å²) in [6, 6.07) is 4.22. The number of carbonyl (C=O) groups excluding carboxylic acids is 1. The van der Waals surface area contributed by atoms with Gasteiger partial charge in [0.1, 0.15) is 0 Å². The fourth-order valence-corrected chi connectivity index (χ4v) is 2.63. The molecule has 0 saturated heterocycles. The zero-order valence-corrected chi connectivity index (χ0v) is 13.3. The lowest BCUT2D eigenvalue weighted by Gasteiger charge is -2.18. The summed E-state index contributed by atoms with van der Waals surface area (Å²) in [7, 11) is 1.56. The Bertz CT molecular complexity index is 576.